The molecule has 4 rings (SSSR count). The van der Waals surface area contributed by atoms with E-state index in [9.17, 15) is 4.79 Å². The maximum Gasteiger partial charge on any atom is 0.193 e. The Labute approximate surface area is 177 Å². The molecule has 30 heavy (non-hydrogen) atoms. The molecule has 0 amide bonds. The topological polar surface area (TPSA) is 61.3 Å². The zero-order chi connectivity index (χ0) is 20.9. The minimum Gasteiger partial charge on any atom is -0.486 e. The number of nitrogens with zero attached hydrogens (tertiary/aromatic N) is 2. The molecule has 0 aliphatic heterocycles. The van der Waals surface area contributed by atoms with Gasteiger partial charge in [-0.25, -0.2) is 4.98 Å². The van der Waals surface area contributed by atoms with Gasteiger partial charge in [0.15, 0.2) is 5.78 Å². The summed E-state index contributed by atoms with van der Waals surface area (Å²) >= 11 is 0. The predicted octanol–water partition coefficient (Wildman–Crippen LogP) is 5.16. The number of pyridine rings is 2. The number of rotatable bonds is 8. The molecule has 5 heteroatoms. The molecule has 2 aromatic heterocycles. The van der Waals surface area contributed by atoms with Crippen LogP contribution in [0.25, 0.3) is 10.9 Å². The standard InChI is InChI=1S/C25H28N2O3/c1-3-4-7-12-29-25-17(2)13-23-21(24(25)28)14-20(15-26-23)30-16-19-11-10-18-8-5-6-9-22(18)27-19/h5-6,8-11,14-15,17,25H,3-4,7,12-13,16H2,1-2H3/t17-,25+/m1/s1. The van der Waals surface area contributed by atoms with Gasteiger partial charge in [-0.05, 0) is 37.0 Å². The number of Topliss-reactive ketones (excluding diaryl/α,β-unsaturated/α-hetero) is 1. The fraction of sp³-hybridized carbons (Fsp3) is 0.400. The lowest BCUT2D eigenvalue weighted by atomic mass is 9.84. The van der Waals surface area contributed by atoms with Gasteiger partial charge in [0, 0.05) is 17.6 Å². The molecular formula is C25H28N2O3. The number of unbranched alkanes of at least 4 members (excludes halogenated alkanes) is 2. The Kier molecular flexibility index (Phi) is 6.38. The molecule has 2 atom stereocenters. The average Bonchev–Trinajstić information content (AvgIpc) is 2.77. The highest BCUT2D eigenvalue weighted by atomic mass is 16.5. The molecular weight excluding hydrogens is 376 g/mol. The summed E-state index contributed by atoms with van der Waals surface area (Å²) in [6.45, 7) is 5.17. The first-order valence-corrected chi connectivity index (χ1v) is 10.8. The first-order chi connectivity index (χ1) is 14.7. The summed E-state index contributed by atoms with van der Waals surface area (Å²) in [6.07, 6.45) is 5.29. The molecule has 0 unspecified atom stereocenters. The van der Waals surface area contributed by atoms with Crippen LogP contribution in [0.4, 0.5) is 0 Å². The molecule has 1 aliphatic carbocycles. The maximum absolute atomic E-state index is 13.0. The van der Waals surface area contributed by atoms with Crippen molar-refractivity contribution in [3.05, 3.63) is 65.6 Å². The van der Waals surface area contributed by atoms with Crippen molar-refractivity contribution in [1.29, 1.82) is 0 Å². The van der Waals surface area contributed by atoms with Gasteiger partial charge in [-0.3, -0.25) is 9.78 Å². The van der Waals surface area contributed by atoms with E-state index in [0.717, 1.165) is 48.0 Å². The third-order valence-electron chi connectivity index (χ3n) is 5.59. The molecule has 0 N–H and O–H groups in total. The van der Waals surface area contributed by atoms with E-state index >= 15 is 0 Å². The number of benzene rings is 1. The van der Waals surface area contributed by atoms with E-state index in [-0.39, 0.29) is 11.7 Å². The molecule has 3 aromatic rings. The summed E-state index contributed by atoms with van der Waals surface area (Å²) in [7, 11) is 0. The van der Waals surface area contributed by atoms with Crippen LogP contribution in [0.2, 0.25) is 0 Å². The lowest BCUT2D eigenvalue weighted by molar-refractivity contribution is 0.0147. The highest BCUT2D eigenvalue weighted by molar-refractivity contribution is 6.02. The molecule has 156 valence electrons. The van der Waals surface area contributed by atoms with Crippen LogP contribution < -0.4 is 4.74 Å². The molecule has 0 fully saturated rings. The smallest absolute Gasteiger partial charge is 0.193 e. The number of hydrogen-bond donors (Lipinski definition) is 0. The monoisotopic (exact) mass is 404 g/mol. The summed E-state index contributed by atoms with van der Waals surface area (Å²) in [5.41, 5.74) is 3.23. The largest absolute Gasteiger partial charge is 0.486 e. The third kappa shape index (κ3) is 4.51. The number of hydrogen-bond acceptors (Lipinski definition) is 5. The van der Waals surface area contributed by atoms with Crippen molar-refractivity contribution in [2.45, 2.75) is 52.2 Å². The summed E-state index contributed by atoms with van der Waals surface area (Å²) in [5.74, 6) is 0.728. The van der Waals surface area contributed by atoms with E-state index in [1.165, 1.54) is 0 Å². The first kappa shape index (κ1) is 20.5. The van der Waals surface area contributed by atoms with Gasteiger partial charge in [-0.15, -0.1) is 0 Å². The molecule has 0 bridgehead atoms. The van der Waals surface area contributed by atoms with Crippen LogP contribution in [0.5, 0.6) is 5.75 Å². The second-order valence-corrected chi connectivity index (χ2v) is 7.99. The van der Waals surface area contributed by atoms with Crippen LogP contribution >= 0.6 is 0 Å². The number of ketones is 1. The van der Waals surface area contributed by atoms with Crippen molar-refractivity contribution in [3.63, 3.8) is 0 Å². The lowest BCUT2D eigenvalue weighted by Crippen LogP contribution is -2.38. The van der Waals surface area contributed by atoms with E-state index in [1.807, 2.05) is 36.4 Å². The van der Waals surface area contributed by atoms with E-state index in [1.54, 1.807) is 12.3 Å². The van der Waals surface area contributed by atoms with Crippen LogP contribution in [0.15, 0.2) is 48.7 Å². The fourth-order valence-corrected chi connectivity index (χ4v) is 3.90. The minimum atomic E-state index is -0.395. The Morgan fingerprint density at radius 3 is 2.87 bits per heavy atom. The Hall–Kier alpha value is -2.79. The van der Waals surface area contributed by atoms with Gasteiger partial charge in [0.2, 0.25) is 0 Å². The molecule has 0 saturated heterocycles. The van der Waals surface area contributed by atoms with Crippen LogP contribution in [0.3, 0.4) is 0 Å². The van der Waals surface area contributed by atoms with Gasteiger partial charge in [0.1, 0.15) is 18.5 Å². The van der Waals surface area contributed by atoms with Gasteiger partial charge in [0.25, 0.3) is 0 Å². The summed E-state index contributed by atoms with van der Waals surface area (Å²) in [5, 5.41) is 1.10. The zero-order valence-electron chi connectivity index (χ0n) is 17.6. The SMILES string of the molecule is CCCCCO[C@@H]1C(=O)c2cc(OCc3ccc4ccccc4n3)cnc2C[C@H]1C. The molecule has 0 spiro atoms. The molecule has 1 aromatic carbocycles. The van der Waals surface area contributed by atoms with Gasteiger partial charge in [0.05, 0.1) is 23.1 Å². The van der Waals surface area contributed by atoms with Crippen LogP contribution in [-0.4, -0.2) is 28.5 Å². The summed E-state index contributed by atoms with van der Waals surface area (Å²) in [4.78, 5) is 22.2. The number of carbonyl (C=O) groups is 1. The average molecular weight is 405 g/mol. The van der Waals surface area contributed by atoms with Gasteiger partial charge >= 0.3 is 0 Å². The second kappa shape index (κ2) is 9.35. The summed E-state index contributed by atoms with van der Waals surface area (Å²) in [6, 6.07) is 13.8. The highest BCUT2D eigenvalue weighted by Crippen LogP contribution is 2.29. The van der Waals surface area contributed by atoms with E-state index < -0.39 is 6.10 Å². The van der Waals surface area contributed by atoms with Gasteiger partial charge < -0.3 is 9.47 Å². The number of para-hydroxylation sites is 1. The van der Waals surface area contributed by atoms with Crippen LogP contribution in [0.1, 0.15) is 54.9 Å². The Balaban J connectivity index is 1.45. The maximum atomic E-state index is 13.0. The molecule has 0 saturated carbocycles. The number of ether oxygens (including phenoxy) is 2. The van der Waals surface area contributed by atoms with Crippen molar-refractivity contribution in [1.82, 2.24) is 9.97 Å². The van der Waals surface area contributed by atoms with Crippen molar-refractivity contribution < 1.29 is 14.3 Å². The van der Waals surface area contributed by atoms with Gasteiger partial charge in [-0.1, -0.05) is 51.0 Å². The van der Waals surface area contributed by atoms with Crippen molar-refractivity contribution in [2.75, 3.05) is 6.61 Å². The molecule has 1 aliphatic rings. The quantitative estimate of drug-likeness (QED) is 0.485. The highest BCUT2D eigenvalue weighted by Gasteiger charge is 2.34. The third-order valence-corrected chi connectivity index (χ3v) is 5.59. The summed E-state index contributed by atoms with van der Waals surface area (Å²) < 4.78 is 11.9. The molecule has 0 radical (unpaired) electrons. The number of fused-ring (bicyclic) bond motifs is 2. The second-order valence-electron chi connectivity index (χ2n) is 7.99. The zero-order valence-corrected chi connectivity index (χ0v) is 17.6. The van der Waals surface area contributed by atoms with Crippen molar-refractivity contribution in [3.8, 4) is 5.75 Å². The Morgan fingerprint density at radius 1 is 1.13 bits per heavy atom. The minimum absolute atomic E-state index is 0.0158. The Bertz CT molecular complexity index is 1030. The predicted molar refractivity (Wildman–Crippen MR) is 117 cm³/mol. The van der Waals surface area contributed by atoms with E-state index in [4.69, 9.17) is 9.47 Å². The van der Waals surface area contributed by atoms with E-state index in [2.05, 4.69) is 23.8 Å². The van der Waals surface area contributed by atoms with Crippen LogP contribution in [0, 0.1) is 5.92 Å². The van der Waals surface area contributed by atoms with Crippen molar-refractivity contribution >= 4 is 16.7 Å². The fourth-order valence-electron chi connectivity index (χ4n) is 3.90. The molecule has 5 nitrogen and oxygen atoms in total. The van der Waals surface area contributed by atoms with Crippen molar-refractivity contribution in [2.24, 2.45) is 5.92 Å². The number of aromatic nitrogens is 2. The Morgan fingerprint density at radius 2 is 2.00 bits per heavy atom. The van der Waals surface area contributed by atoms with Gasteiger partial charge in [-0.2, -0.15) is 0 Å². The lowest BCUT2D eigenvalue weighted by Gasteiger charge is -2.29. The van der Waals surface area contributed by atoms with Crippen LogP contribution in [-0.2, 0) is 17.8 Å². The molecule has 2 heterocycles. The van der Waals surface area contributed by atoms with E-state index in [0.29, 0.717) is 24.5 Å². The number of carbonyl (C=O) groups excluding carboxylic acids is 1. The first-order valence-electron chi connectivity index (χ1n) is 10.8. The normalized spacial score (nSPS) is 18.4.